The largest absolute Gasteiger partial charge is 0.452 e. The van der Waals surface area contributed by atoms with Crippen molar-refractivity contribution in [2.45, 2.75) is 44.3 Å². The highest BCUT2D eigenvalue weighted by molar-refractivity contribution is 5.96. The van der Waals surface area contributed by atoms with Gasteiger partial charge in [-0.15, -0.1) is 0 Å². The van der Waals surface area contributed by atoms with E-state index in [9.17, 15) is 9.59 Å². The molecule has 0 unspecified atom stereocenters. The van der Waals surface area contributed by atoms with Crippen LogP contribution in [0.2, 0.25) is 0 Å². The lowest BCUT2D eigenvalue weighted by atomic mass is 9.94. The van der Waals surface area contributed by atoms with Crippen LogP contribution in [0.15, 0.2) is 42.5 Å². The third-order valence-corrected chi connectivity index (χ3v) is 5.28. The molecule has 1 heterocycles. The molecule has 1 amide bonds. The molecule has 7 heteroatoms. The molecule has 0 radical (unpaired) electrons. The van der Waals surface area contributed by atoms with Crippen LogP contribution in [-0.2, 0) is 16.0 Å². The first kappa shape index (κ1) is 19.8. The number of nitrogens with one attached hydrogen (secondary N) is 1. The second kappa shape index (κ2) is 8.46. The van der Waals surface area contributed by atoms with Crippen LogP contribution in [0.1, 0.15) is 48.0 Å². The number of carbonyl (C=O) groups is 2. The number of nitrogens with zero attached hydrogens (tertiary/aromatic N) is 1. The summed E-state index contributed by atoms with van der Waals surface area (Å²) in [7, 11) is 0. The molecule has 1 N–H and O–H groups in total. The van der Waals surface area contributed by atoms with Gasteiger partial charge < -0.3 is 19.5 Å². The van der Waals surface area contributed by atoms with Crippen molar-refractivity contribution in [2.24, 2.45) is 0 Å². The molecule has 7 nitrogen and oxygen atoms in total. The smallest absolute Gasteiger partial charge is 0.338 e. The van der Waals surface area contributed by atoms with Gasteiger partial charge in [0.05, 0.1) is 18.1 Å². The number of esters is 1. The molecule has 0 atom stereocenters. The van der Waals surface area contributed by atoms with Crippen LogP contribution < -0.4 is 14.8 Å². The van der Waals surface area contributed by atoms with Crippen molar-refractivity contribution < 1.29 is 23.8 Å². The first-order valence-electron chi connectivity index (χ1n) is 10.0. The molecular formula is C23H22N2O5. The molecule has 2 aliphatic rings. The van der Waals surface area contributed by atoms with E-state index in [0.29, 0.717) is 22.7 Å². The summed E-state index contributed by atoms with van der Waals surface area (Å²) in [5.74, 6) is -0.393. The average Bonchev–Trinajstić information content (AvgIpc) is 3.09. The Hall–Kier alpha value is -3.53. The minimum absolute atomic E-state index is 0.0934. The first-order valence-corrected chi connectivity index (χ1v) is 10.0. The molecule has 1 aliphatic carbocycles. The van der Waals surface area contributed by atoms with Crippen LogP contribution in [0.25, 0.3) is 0 Å². The number of fused-ring (bicyclic) bond motifs is 1. The summed E-state index contributed by atoms with van der Waals surface area (Å²) in [6.45, 7) is -0.432. The number of benzene rings is 2. The van der Waals surface area contributed by atoms with Crippen molar-refractivity contribution in [1.82, 2.24) is 0 Å². The van der Waals surface area contributed by atoms with Gasteiger partial charge in [0.2, 0.25) is 0 Å². The first-order chi connectivity index (χ1) is 14.6. The van der Waals surface area contributed by atoms with Gasteiger partial charge in [-0.1, -0.05) is 24.6 Å². The van der Waals surface area contributed by atoms with Crippen LogP contribution >= 0.6 is 0 Å². The van der Waals surface area contributed by atoms with Crippen molar-refractivity contribution in [1.29, 1.82) is 5.26 Å². The van der Waals surface area contributed by atoms with Gasteiger partial charge in [-0.2, -0.15) is 5.26 Å². The minimum Gasteiger partial charge on any atom is -0.452 e. The molecule has 4 rings (SSSR count). The molecule has 0 saturated heterocycles. The zero-order valence-corrected chi connectivity index (χ0v) is 16.5. The summed E-state index contributed by atoms with van der Waals surface area (Å²) in [6, 6.07) is 13.9. The fraction of sp³-hybridized carbons (Fsp3) is 0.348. The number of hydrogen-bond acceptors (Lipinski definition) is 6. The molecular weight excluding hydrogens is 384 g/mol. The van der Waals surface area contributed by atoms with Crippen molar-refractivity contribution in [3.63, 3.8) is 0 Å². The molecule has 1 fully saturated rings. The Kier molecular flexibility index (Phi) is 5.57. The van der Waals surface area contributed by atoms with Gasteiger partial charge >= 0.3 is 5.97 Å². The Morgan fingerprint density at radius 2 is 1.83 bits per heavy atom. The maximum atomic E-state index is 12.3. The van der Waals surface area contributed by atoms with Gasteiger partial charge in [0, 0.05) is 24.6 Å². The van der Waals surface area contributed by atoms with Crippen LogP contribution in [-0.4, -0.2) is 24.3 Å². The molecule has 2 aromatic rings. The summed E-state index contributed by atoms with van der Waals surface area (Å²) < 4.78 is 17.2. The van der Waals surface area contributed by atoms with Crippen molar-refractivity contribution >= 4 is 17.6 Å². The van der Waals surface area contributed by atoms with Crippen LogP contribution in [0.5, 0.6) is 11.5 Å². The van der Waals surface area contributed by atoms with Crippen LogP contribution in [0.3, 0.4) is 0 Å². The monoisotopic (exact) mass is 406 g/mol. The lowest BCUT2D eigenvalue weighted by Crippen LogP contribution is -2.40. The topological polar surface area (TPSA) is 97.7 Å². The van der Waals surface area contributed by atoms with Gasteiger partial charge in [0.15, 0.2) is 18.1 Å². The summed E-state index contributed by atoms with van der Waals surface area (Å²) in [4.78, 5) is 24.5. The number of rotatable bonds is 5. The number of nitriles is 1. The molecule has 0 bridgehead atoms. The van der Waals surface area contributed by atoms with E-state index in [-0.39, 0.29) is 12.0 Å². The third-order valence-electron chi connectivity index (χ3n) is 5.28. The Morgan fingerprint density at radius 1 is 1.07 bits per heavy atom. The molecule has 30 heavy (non-hydrogen) atoms. The number of amides is 1. The molecule has 1 spiro atoms. The molecule has 1 saturated carbocycles. The van der Waals surface area contributed by atoms with Crippen LogP contribution in [0, 0.1) is 11.3 Å². The Morgan fingerprint density at radius 3 is 2.63 bits per heavy atom. The summed E-state index contributed by atoms with van der Waals surface area (Å²) in [5, 5.41) is 11.6. The standard InChI is InChI=1S/C23H22N2O5/c24-13-10-16-6-2-3-7-18(16)22(27)28-15-21(26)25-17-8-9-19-20(14-17)30-23(29-19)11-4-1-5-12-23/h2-3,6-9,14H,1,4-5,10-12,15H2,(H,25,26). The average molecular weight is 406 g/mol. The minimum atomic E-state index is -0.638. The Bertz CT molecular complexity index is 1000. The summed E-state index contributed by atoms with van der Waals surface area (Å²) in [6.07, 6.45) is 5.13. The van der Waals surface area contributed by atoms with E-state index in [1.54, 1.807) is 42.5 Å². The van der Waals surface area contributed by atoms with E-state index in [1.165, 1.54) is 6.42 Å². The molecule has 154 valence electrons. The zero-order valence-electron chi connectivity index (χ0n) is 16.5. The molecule has 0 aromatic heterocycles. The number of carbonyl (C=O) groups excluding carboxylic acids is 2. The molecule has 1 aliphatic heterocycles. The fourth-order valence-corrected chi connectivity index (χ4v) is 3.83. The normalized spacial score (nSPS) is 16.0. The maximum absolute atomic E-state index is 12.3. The Balaban J connectivity index is 1.34. The predicted octanol–water partition coefficient (Wildman–Crippen LogP) is 3.98. The fourth-order valence-electron chi connectivity index (χ4n) is 3.83. The van der Waals surface area contributed by atoms with E-state index in [1.807, 2.05) is 6.07 Å². The number of hydrogen-bond donors (Lipinski definition) is 1. The quantitative estimate of drug-likeness (QED) is 0.755. The number of anilines is 1. The van der Waals surface area contributed by atoms with E-state index in [2.05, 4.69) is 5.32 Å². The van der Waals surface area contributed by atoms with Gasteiger partial charge in [0.25, 0.3) is 11.7 Å². The summed E-state index contributed by atoms with van der Waals surface area (Å²) >= 11 is 0. The molecule has 2 aromatic carbocycles. The lowest BCUT2D eigenvalue weighted by molar-refractivity contribution is -0.119. The third kappa shape index (κ3) is 4.23. The van der Waals surface area contributed by atoms with E-state index < -0.39 is 24.3 Å². The highest BCUT2D eigenvalue weighted by atomic mass is 16.7. The van der Waals surface area contributed by atoms with Crippen molar-refractivity contribution in [2.75, 3.05) is 11.9 Å². The predicted molar refractivity (Wildman–Crippen MR) is 108 cm³/mol. The van der Waals surface area contributed by atoms with E-state index in [4.69, 9.17) is 19.5 Å². The zero-order chi connectivity index (χ0) is 21.0. The highest BCUT2D eigenvalue weighted by Gasteiger charge is 2.42. The van der Waals surface area contributed by atoms with Crippen molar-refractivity contribution in [3.05, 3.63) is 53.6 Å². The van der Waals surface area contributed by atoms with E-state index in [0.717, 1.165) is 25.7 Å². The Labute approximate surface area is 174 Å². The second-order valence-electron chi connectivity index (χ2n) is 7.45. The van der Waals surface area contributed by atoms with Crippen LogP contribution in [0.4, 0.5) is 5.69 Å². The highest BCUT2D eigenvalue weighted by Crippen LogP contribution is 2.46. The maximum Gasteiger partial charge on any atom is 0.338 e. The lowest BCUT2D eigenvalue weighted by Gasteiger charge is -2.31. The van der Waals surface area contributed by atoms with Crippen molar-refractivity contribution in [3.8, 4) is 17.6 Å². The summed E-state index contributed by atoms with van der Waals surface area (Å²) in [5.41, 5.74) is 1.39. The number of ether oxygens (including phenoxy) is 3. The van der Waals surface area contributed by atoms with Gasteiger partial charge in [-0.3, -0.25) is 4.79 Å². The van der Waals surface area contributed by atoms with Gasteiger partial charge in [-0.25, -0.2) is 4.79 Å². The SMILES string of the molecule is N#CCc1ccccc1C(=O)OCC(=O)Nc1ccc2c(c1)OC1(CCCCC1)O2. The van der Waals surface area contributed by atoms with Gasteiger partial charge in [0.1, 0.15) is 0 Å². The van der Waals surface area contributed by atoms with E-state index >= 15 is 0 Å². The van der Waals surface area contributed by atoms with Gasteiger partial charge in [-0.05, 0) is 36.6 Å². The second-order valence-corrected chi connectivity index (χ2v) is 7.45.